The summed E-state index contributed by atoms with van der Waals surface area (Å²) in [7, 11) is 3.99. The molecule has 0 spiro atoms. The van der Waals surface area contributed by atoms with Crippen LogP contribution in [-0.2, 0) is 13.1 Å². The summed E-state index contributed by atoms with van der Waals surface area (Å²) in [6.07, 6.45) is 8.66. The molecule has 1 saturated heterocycles. The summed E-state index contributed by atoms with van der Waals surface area (Å²) >= 11 is 0. The van der Waals surface area contributed by atoms with Gasteiger partial charge in [-0.3, -0.25) is 19.7 Å². The number of carbonyl (C=O) groups excluding carboxylic acids is 1. The summed E-state index contributed by atoms with van der Waals surface area (Å²) in [6, 6.07) is 12.0. The lowest BCUT2D eigenvalue weighted by Gasteiger charge is -2.29. The molecule has 4 aromatic rings. The molecular formula is C28H32N6O2. The monoisotopic (exact) mass is 484 g/mol. The molecule has 1 aromatic carbocycles. The number of aliphatic hydroxyl groups excluding tert-OH is 1. The number of rotatable bonds is 7. The first kappa shape index (κ1) is 24.1. The number of likely N-dealkylation sites (tertiary alicyclic amines) is 1. The molecule has 0 radical (unpaired) electrons. The molecule has 8 nitrogen and oxygen atoms in total. The van der Waals surface area contributed by atoms with Crippen molar-refractivity contribution in [2.75, 3.05) is 32.5 Å². The van der Waals surface area contributed by atoms with Gasteiger partial charge < -0.3 is 20.3 Å². The van der Waals surface area contributed by atoms with E-state index in [0.29, 0.717) is 11.3 Å². The minimum atomic E-state index is -0.181. The molecule has 3 aromatic heterocycles. The lowest BCUT2D eigenvalue weighted by Crippen LogP contribution is -2.35. The standard InChI is InChI=1S/C28H32N6O2/c1-33(2)18-23-5-4-22(15-30-23)32-28(36)26-16-31-27-6-3-20(12-25(26)27)21-11-19(13-29-14-21)17-34-9-7-24(35)8-10-34/h3-6,11-16,24,31,35H,7-10,17-18H2,1-2H3,(H,32,36). The first-order chi connectivity index (χ1) is 17.4. The quantitative estimate of drug-likeness (QED) is 0.368. The zero-order chi connectivity index (χ0) is 25.1. The molecule has 186 valence electrons. The molecule has 1 aliphatic rings. The third-order valence-corrected chi connectivity index (χ3v) is 6.58. The summed E-state index contributed by atoms with van der Waals surface area (Å²) in [5.41, 5.74) is 6.26. The fourth-order valence-corrected chi connectivity index (χ4v) is 4.67. The number of hydrogen-bond donors (Lipinski definition) is 3. The zero-order valence-electron chi connectivity index (χ0n) is 20.7. The van der Waals surface area contributed by atoms with Gasteiger partial charge in [-0.2, -0.15) is 0 Å². The predicted molar refractivity (Wildman–Crippen MR) is 142 cm³/mol. The summed E-state index contributed by atoms with van der Waals surface area (Å²) < 4.78 is 0. The Morgan fingerprint density at radius 3 is 2.69 bits per heavy atom. The number of pyridine rings is 2. The van der Waals surface area contributed by atoms with Crippen LogP contribution < -0.4 is 5.32 Å². The van der Waals surface area contributed by atoms with Crippen molar-refractivity contribution in [1.29, 1.82) is 0 Å². The fraction of sp³-hybridized carbons (Fsp3) is 0.321. The molecule has 36 heavy (non-hydrogen) atoms. The van der Waals surface area contributed by atoms with Crippen molar-refractivity contribution in [1.82, 2.24) is 24.8 Å². The van der Waals surface area contributed by atoms with Crippen molar-refractivity contribution in [3.05, 3.63) is 78.0 Å². The Morgan fingerprint density at radius 1 is 1.11 bits per heavy atom. The highest BCUT2D eigenvalue weighted by atomic mass is 16.3. The summed E-state index contributed by atoms with van der Waals surface area (Å²) in [5, 5.41) is 13.6. The van der Waals surface area contributed by atoms with Crippen LogP contribution in [0.4, 0.5) is 5.69 Å². The average Bonchev–Trinajstić information content (AvgIpc) is 3.30. The van der Waals surface area contributed by atoms with E-state index in [4.69, 9.17) is 0 Å². The second-order valence-electron chi connectivity index (χ2n) is 9.78. The molecule has 0 saturated carbocycles. The molecule has 0 atom stereocenters. The molecule has 4 heterocycles. The zero-order valence-corrected chi connectivity index (χ0v) is 20.7. The van der Waals surface area contributed by atoms with E-state index in [-0.39, 0.29) is 12.0 Å². The number of amides is 1. The third-order valence-electron chi connectivity index (χ3n) is 6.58. The van der Waals surface area contributed by atoms with Crippen molar-refractivity contribution in [2.45, 2.75) is 32.0 Å². The summed E-state index contributed by atoms with van der Waals surface area (Å²) in [5.74, 6) is -0.181. The van der Waals surface area contributed by atoms with Gasteiger partial charge in [0.2, 0.25) is 0 Å². The van der Waals surface area contributed by atoms with Gasteiger partial charge in [-0.15, -0.1) is 0 Å². The van der Waals surface area contributed by atoms with Gasteiger partial charge in [-0.1, -0.05) is 6.07 Å². The number of benzene rings is 1. The molecule has 8 heteroatoms. The molecule has 1 fully saturated rings. The highest BCUT2D eigenvalue weighted by molar-refractivity contribution is 6.13. The van der Waals surface area contributed by atoms with Gasteiger partial charge in [0.05, 0.1) is 29.2 Å². The minimum absolute atomic E-state index is 0.177. The van der Waals surface area contributed by atoms with E-state index in [1.165, 1.54) is 0 Å². The smallest absolute Gasteiger partial charge is 0.257 e. The van der Waals surface area contributed by atoms with Crippen molar-refractivity contribution in [3.8, 4) is 11.1 Å². The number of piperidine rings is 1. The third kappa shape index (κ3) is 5.62. The Bertz CT molecular complexity index is 1340. The fourth-order valence-electron chi connectivity index (χ4n) is 4.67. The highest BCUT2D eigenvalue weighted by Crippen LogP contribution is 2.27. The molecular weight excluding hydrogens is 452 g/mol. The van der Waals surface area contributed by atoms with Crippen LogP contribution in [0.25, 0.3) is 22.0 Å². The van der Waals surface area contributed by atoms with E-state index in [2.05, 4.69) is 31.2 Å². The predicted octanol–water partition coefficient (Wildman–Crippen LogP) is 3.90. The van der Waals surface area contributed by atoms with Crippen LogP contribution in [-0.4, -0.2) is 69.1 Å². The number of aromatic amines is 1. The topological polar surface area (TPSA) is 97.4 Å². The van der Waals surface area contributed by atoms with E-state index in [1.807, 2.05) is 61.7 Å². The number of nitrogens with zero attached hydrogens (tertiary/aromatic N) is 4. The minimum Gasteiger partial charge on any atom is -0.393 e. The number of aliphatic hydroxyl groups is 1. The number of hydrogen-bond acceptors (Lipinski definition) is 6. The molecule has 3 N–H and O–H groups in total. The van der Waals surface area contributed by atoms with E-state index in [1.54, 1.807) is 12.4 Å². The first-order valence-corrected chi connectivity index (χ1v) is 12.3. The number of aromatic nitrogens is 3. The first-order valence-electron chi connectivity index (χ1n) is 12.3. The van der Waals surface area contributed by atoms with Crippen LogP contribution >= 0.6 is 0 Å². The van der Waals surface area contributed by atoms with E-state index < -0.39 is 0 Å². The van der Waals surface area contributed by atoms with Gasteiger partial charge in [-0.05, 0) is 68.4 Å². The number of carbonyl (C=O) groups is 1. The van der Waals surface area contributed by atoms with Crippen LogP contribution in [0, 0.1) is 0 Å². The highest BCUT2D eigenvalue weighted by Gasteiger charge is 2.18. The van der Waals surface area contributed by atoms with E-state index in [9.17, 15) is 9.90 Å². The molecule has 1 aliphatic heterocycles. The molecule has 1 amide bonds. The molecule has 0 aliphatic carbocycles. The SMILES string of the molecule is CN(C)Cc1ccc(NC(=O)c2c[nH]c3ccc(-c4cncc(CN5CCC(O)CC5)c4)cc23)cn1. The number of fused-ring (bicyclic) bond motifs is 1. The van der Waals surface area contributed by atoms with E-state index in [0.717, 1.165) is 72.3 Å². The van der Waals surface area contributed by atoms with Crippen LogP contribution in [0.1, 0.15) is 34.5 Å². The Hall–Kier alpha value is -3.59. The van der Waals surface area contributed by atoms with Crippen molar-refractivity contribution >= 4 is 22.5 Å². The van der Waals surface area contributed by atoms with E-state index >= 15 is 0 Å². The maximum absolute atomic E-state index is 13.1. The summed E-state index contributed by atoms with van der Waals surface area (Å²) in [4.78, 5) is 29.6. The average molecular weight is 485 g/mol. The second kappa shape index (κ2) is 10.6. The van der Waals surface area contributed by atoms with Crippen molar-refractivity contribution < 1.29 is 9.90 Å². The normalized spacial score (nSPS) is 15.0. The number of anilines is 1. The largest absolute Gasteiger partial charge is 0.393 e. The molecule has 0 unspecified atom stereocenters. The second-order valence-corrected chi connectivity index (χ2v) is 9.78. The molecule has 0 bridgehead atoms. The number of H-pyrrole nitrogens is 1. The Balaban J connectivity index is 1.33. The van der Waals surface area contributed by atoms with Crippen LogP contribution in [0.5, 0.6) is 0 Å². The maximum atomic E-state index is 13.1. The summed E-state index contributed by atoms with van der Waals surface area (Å²) in [6.45, 7) is 3.35. The lowest BCUT2D eigenvalue weighted by molar-refractivity contribution is 0.0792. The Labute approximate surface area is 211 Å². The van der Waals surface area contributed by atoms with Crippen LogP contribution in [0.2, 0.25) is 0 Å². The van der Waals surface area contributed by atoms with Gasteiger partial charge in [0.15, 0.2) is 0 Å². The molecule has 5 rings (SSSR count). The maximum Gasteiger partial charge on any atom is 0.257 e. The van der Waals surface area contributed by atoms with Crippen LogP contribution in [0.3, 0.4) is 0 Å². The van der Waals surface area contributed by atoms with Gasteiger partial charge in [-0.25, -0.2) is 0 Å². The van der Waals surface area contributed by atoms with Gasteiger partial charge in [0.25, 0.3) is 5.91 Å². The lowest BCUT2D eigenvalue weighted by atomic mass is 10.0. The van der Waals surface area contributed by atoms with Crippen LogP contribution in [0.15, 0.2) is 61.2 Å². The number of nitrogens with one attached hydrogen (secondary N) is 2. The Morgan fingerprint density at radius 2 is 1.94 bits per heavy atom. The van der Waals surface area contributed by atoms with Gasteiger partial charge in [0.1, 0.15) is 0 Å². The van der Waals surface area contributed by atoms with Gasteiger partial charge >= 0.3 is 0 Å². The van der Waals surface area contributed by atoms with Crippen molar-refractivity contribution in [2.24, 2.45) is 0 Å². The van der Waals surface area contributed by atoms with Gasteiger partial charge in [0, 0.05) is 61.2 Å². The Kier molecular flexibility index (Phi) is 7.09. The van der Waals surface area contributed by atoms with Crippen molar-refractivity contribution in [3.63, 3.8) is 0 Å².